The van der Waals surface area contributed by atoms with Crippen LogP contribution in [-0.2, 0) is 11.4 Å². The molecular weight excluding hydrogens is 314 g/mol. The molecule has 100 valence electrons. The van der Waals surface area contributed by atoms with E-state index in [2.05, 4.69) is 20.3 Å². The van der Waals surface area contributed by atoms with Gasteiger partial charge in [-0.05, 0) is 45.9 Å². The Morgan fingerprint density at radius 2 is 2.00 bits per heavy atom. The molecule has 0 unspecified atom stereocenters. The predicted molar refractivity (Wildman–Crippen MR) is 80.8 cm³/mol. The van der Waals surface area contributed by atoms with Gasteiger partial charge < -0.3 is 9.29 Å². The van der Waals surface area contributed by atoms with Gasteiger partial charge in [0.2, 0.25) is 0 Å². The number of methoxy groups -OCH3 is 1. The maximum Gasteiger partial charge on any atom is 0.144 e. The minimum atomic E-state index is -1.27. The lowest BCUT2D eigenvalue weighted by atomic mass is 10.1. The van der Waals surface area contributed by atoms with Gasteiger partial charge in [0.1, 0.15) is 21.9 Å². The molecule has 1 aromatic rings. The molecule has 3 nitrogen and oxygen atoms in total. The molecule has 0 saturated carbocycles. The van der Waals surface area contributed by atoms with E-state index in [-0.39, 0.29) is 4.75 Å². The molecular formula is C13H18BrNO2S. The zero-order valence-electron chi connectivity index (χ0n) is 11.3. The lowest BCUT2D eigenvalue weighted by molar-refractivity contribution is 0.414. The molecule has 0 heterocycles. The van der Waals surface area contributed by atoms with Crippen molar-refractivity contribution in [1.29, 1.82) is 0 Å². The van der Waals surface area contributed by atoms with Gasteiger partial charge in [0.25, 0.3) is 0 Å². The van der Waals surface area contributed by atoms with Crippen LogP contribution in [0.5, 0.6) is 5.75 Å². The highest BCUT2D eigenvalue weighted by Crippen LogP contribution is 2.25. The Bertz CT molecular complexity index is 455. The molecule has 0 aliphatic carbocycles. The van der Waals surface area contributed by atoms with Crippen LogP contribution >= 0.6 is 15.9 Å². The second-order valence-electron chi connectivity index (χ2n) is 4.88. The number of hydrogen-bond donors (Lipinski definition) is 0. The maximum absolute atomic E-state index is 12.0. The van der Waals surface area contributed by atoms with Gasteiger partial charge in [0.15, 0.2) is 0 Å². The van der Waals surface area contributed by atoms with Crippen LogP contribution in [0.1, 0.15) is 33.3 Å². The molecule has 0 aliphatic heterocycles. The van der Waals surface area contributed by atoms with Crippen molar-refractivity contribution in [2.75, 3.05) is 7.11 Å². The summed E-state index contributed by atoms with van der Waals surface area (Å²) in [5.74, 6) is 0.727. The first-order valence-electron chi connectivity index (χ1n) is 5.57. The Balaban J connectivity index is 3.14. The summed E-state index contributed by atoms with van der Waals surface area (Å²) in [6.45, 7) is 7.54. The van der Waals surface area contributed by atoms with Gasteiger partial charge in [-0.15, -0.1) is 0 Å². The van der Waals surface area contributed by atoms with Gasteiger partial charge in [-0.25, -0.2) is 0 Å². The minimum absolute atomic E-state index is 0.361. The molecule has 0 radical (unpaired) electrons. The molecule has 1 aromatic carbocycles. The van der Waals surface area contributed by atoms with Crippen LogP contribution in [0, 0.1) is 0 Å². The number of halogens is 1. The van der Waals surface area contributed by atoms with E-state index in [0.717, 1.165) is 15.8 Å². The number of rotatable bonds is 3. The van der Waals surface area contributed by atoms with Crippen LogP contribution in [-0.4, -0.2) is 22.1 Å². The summed E-state index contributed by atoms with van der Waals surface area (Å²) in [5, 5.41) is 0. The lowest BCUT2D eigenvalue weighted by Gasteiger charge is -2.19. The van der Waals surface area contributed by atoms with Crippen molar-refractivity contribution >= 4 is 33.0 Å². The fourth-order valence-corrected chi connectivity index (χ4v) is 2.26. The van der Waals surface area contributed by atoms with Crippen molar-refractivity contribution in [2.45, 2.75) is 32.4 Å². The Hall–Kier alpha value is -0.520. The second kappa shape index (κ2) is 6.08. The van der Waals surface area contributed by atoms with Crippen molar-refractivity contribution in [1.82, 2.24) is 0 Å². The molecule has 1 rings (SSSR count). The van der Waals surface area contributed by atoms with E-state index in [1.165, 1.54) is 0 Å². The largest absolute Gasteiger partial charge is 0.591 e. The molecule has 0 spiro atoms. The molecule has 0 N–H and O–H groups in total. The van der Waals surface area contributed by atoms with Gasteiger partial charge in [-0.2, -0.15) is 0 Å². The fourth-order valence-electron chi connectivity index (χ4n) is 1.27. The van der Waals surface area contributed by atoms with Crippen LogP contribution in [0.4, 0.5) is 0 Å². The van der Waals surface area contributed by atoms with Gasteiger partial charge in [-0.1, -0.05) is 20.3 Å². The number of hydrogen-bond acceptors (Lipinski definition) is 3. The Labute approximate surface area is 120 Å². The first kappa shape index (κ1) is 15.5. The third-order valence-electron chi connectivity index (χ3n) is 2.30. The van der Waals surface area contributed by atoms with Crippen molar-refractivity contribution in [3.63, 3.8) is 0 Å². The lowest BCUT2D eigenvalue weighted by Crippen LogP contribution is -2.26. The molecule has 0 saturated heterocycles. The Morgan fingerprint density at radius 3 is 2.50 bits per heavy atom. The topological polar surface area (TPSA) is 44.6 Å². The van der Waals surface area contributed by atoms with Crippen LogP contribution < -0.4 is 4.74 Å². The number of benzene rings is 1. The van der Waals surface area contributed by atoms with E-state index in [9.17, 15) is 4.55 Å². The summed E-state index contributed by atoms with van der Waals surface area (Å²) in [7, 11) is 1.61. The van der Waals surface area contributed by atoms with Gasteiger partial charge >= 0.3 is 0 Å². The molecule has 5 heteroatoms. The molecule has 0 bridgehead atoms. The van der Waals surface area contributed by atoms with Crippen molar-refractivity contribution in [2.24, 2.45) is 4.40 Å². The normalized spacial score (nSPS) is 14.5. The van der Waals surface area contributed by atoms with Crippen LogP contribution in [0.2, 0.25) is 0 Å². The van der Waals surface area contributed by atoms with Crippen molar-refractivity contribution in [3.05, 3.63) is 28.2 Å². The SMILES string of the molecule is COc1ccc(Br)cc1/C(C)=N/[S@@+]([O-])C(C)(C)C. The zero-order valence-corrected chi connectivity index (χ0v) is 13.7. The van der Waals surface area contributed by atoms with E-state index < -0.39 is 11.4 Å². The summed E-state index contributed by atoms with van der Waals surface area (Å²) in [6.07, 6.45) is 0. The van der Waals surface area contributed by atoms with Gasteiger partial charge in [0, 0.05) is 10.0 Å². The quantitative estimate of drug-likeness (QED) is 0.625. The van der Waals surface area contributed by atoms with Crippen LogP contribution in [0.25, 0.3) is 0 Å². The number of nitrogens with zero attached hydrogens (tertiary/aromatic N) is 1. The van der Waals surface area contributed by atoms with Gasteiger partial charge in [0.05, 0.1) is 12.8 Å². The Morgan fingerprint density at radius 1 is 1.39 bits per heavy atom. The van der Waals surface area contributed by atoms with E-state index in [1.54, 1.807) is 7.11 Å². The molecule has 0 amide bonds. The summed E-state index contributed by atoms with van der Waals surface area (Å²) in [6, 6.07) is 5.67. The number of ether oxygens (including phenoxy) is 1. The fraction of sp³-hybridized carbons (Fsp3) is 0.462. The average Bonchev–Trinajstić information content (AvgIpc) is 2.27. The maximum atomic E-state index is 12.0. The zero-order chi connectivity index (χ0) is 13.9. The first-order chi connectivity index (χ1) is 8.25. The summed E-state index contributed by atoms with van der Waals surface area (Å²) in [4.78, 5) is 0. The summed E-state index contributed by atoms with van der Waals surface area (Å²) in [5.41, 5.74) is 1.56. The average molecular weight is 332 g/mol. The first-order valence-corrected chi connectivity index (χ1v) is 7.47. The standard InChI is InChI=1S/C13H18BrNO2S/c1-9(15-18(16)13(2,3)4)11-8-10(14)6-7-12(11)17-5/h6-8H,1-5H3/b15-9+/t18-/m0/s1. The van der Waals surface area contributed by atoms with Gasteiger partial charge in [-0.3, -0.25) is 0 Å². The van der Waals surface area contributed by atoms with E-state index in [1.807, 2.05) is 45.9 Å². The smallest absolute Gasteiger partial charge is 0.144 e. The third kappa shape index (κ3) is 4.00. The predicted octanol–water partition coefficient (Wildman–Crippen LogP) is 3.73. The molecule has 0 aliphatic rings. The highest BCUT2D eigenvalue weighted by Gasteiger charge is 2.27. The highest BCUT2D eigenvalue weighted by atomic mass is 79.9. The third-order valence-corrected chi connectivity index (χ3v) is 4.28. The van der Waals surface area contributed by atoms with E-state index in [0.29, 0.717) is 5.71 Å². The highest BCUT2D eigenvalue weighted by molar-refractivity contribution is 9.10. The molecule has 0 aromatic heterocycles. The monoisotopic (exact) mass is 331 g/mol. The van der Waals surface area contributed by atoms with Crippen molar-refractivity contribution < 1.29 is 9.29 Å². The van der Waals surface area contributed by atoms with Crippen molar-refractivity contribution in [3.8, 4) is 5.75 Å². The molecule has 0 fully saturated rings. The molecule has 18 heavy (non-hydrogen) atoms. The second-order valence-corrected chi connectivity index (χ2v) is 7.70. The molecule has 1 atom stereocenters. The Kier molecular flexibility index (Phi) is 5.25. The van der Waals surface area contributed by atoms with E-state index in [4.69, 9.17) is 4.74 Å². The van der Waals surface area contributed by atoms with Crippen LogP contribution in [0.15, 0.2) is 27.1 Å². The minimum Gasteiger partial charge on any atom is -0.591 e. The van der Waals surface area contributed by atoms with E-state index >= 15 is 0 Å². The summed E-state index contributed by atoms with van der Waals surface area (Å²) < 4.78 is 22.1. The van der Waals surface area contributed by atoms with Crippen LogP contribution in [0.3, 0.4) is 0 Å². The summed E-state index contributed by atoms with van der Waals surface area (Å²) >= 11 is 2.15.